The third-order valence-electron chi connectivity index (χ3n) is 2.65. The average molecular weight is 318 g/mol. The molecule has 1 unspecified atom stereocenters. The number of hydrogen-bond donors (Lipinski definition) is 3. The Balaban J connectivity index is 2.23. The smallest absolute Gasteiger partial charge is 0.347 e. The zero-order valence-corrected chi connectivity index (χ0v) is 11.6. The topological polar surface area (TPSA) is 130 Å². The highest BCUT2D eigenvalue weighted by atomic mass is 32.2. The molecular formula is C10H10N2O6S2. The predicted octanol–water partition coefficient (Wildman–Crippen LogP) is -0.470. The van der Waals surface area contributed by atoms with Gasteiger partial charge in [0, 0.05) is 6.42 Å². The quantitative estimate of drug-likeness (QED) is 0.644. The molecule has 0 bridgehead atoms. The lowest BCUT2D eigenvalue weighted by molar-refractivity contribution is -0.134. The van der Waals surface area contributed by atoms with Gasteiger partial charge in [0.1, 0.15) is 15.8 Å². The fourth-order valence-electron chi connectivity index (χ4n) is 1.72. The zero-order chi connectivity index (χ0) is 14.9. The Kier molecular flexibility index (Phi) is 3.88. The van der Waals surface area contributed by atoms with Gasteiger partial charge in [-0.05, 0) is 17.9 Å². The van der Waals surface area contributed by atoms with Gasteiger partial charge >= 0.3 is 5.97 Å². The Morgan fingerprint density at radius 2 is 2.15 bits per heavy atom. The van der Waals surface area contributed by atoms with Gasteiger partial charge in [0.05, 0.1) is 0 Å². The van der Waals surface area contributed by atoms with E-state index >= 15 is 0 Å². The van der Waals surface area contributed by atoms with E-state index < -0.39 is 33.8 Å². The summed E-state index contributed by atoms with van der Waals surface area (Å²) in [5.74, 6) is -2.56. The summed E-state index contributed by atoms with van der Waals surface area (Å²) >= 11 is 0.774. The number of hydrogen-bond acceptors (Lipinski definition) is 6. The van der Waals surface area contributed by atoms with Crippen LogP contribution in [0.4, 0.5) is 0 Å². The second-order valence-corrected chi connectivity index (χ2v) is 6.64. The number of imide groups is 1. The number of carboxylic acid groups (broad SMARTS) is 1. The van der Waals surface area contributed by atoms with Crippen molar-refractivity contribution in [1.29, 1.82) is 0 Å². The van der Waals surface area contributed by atoms with E-state index in [4.69, 9.17) is 5.11 Å². The monoisotopic (exact) mass is 318 g/mol. The van der Waals surface area contributed by atoms with E-state index in [1.165, 1.54) is 5.38 Å². The molecule has 8 nitrogen and oxygen atoms in total. The van der Waals surface area contributed by atoms with Crippen molar-refractivity contribution in [2.75, 3.05) is 0 Å². The maximum absolute atomic E-state index is 12.1. The van der Waals surface area contributed by atoms with Crippen LogP contribution in [0.15, 0.2) is 16.3 Å². The first kappa shape index (κ1) is 14.6. The summed E-state index contributed by atoms with van der Waals surface area (Å²) in [6.07, 6.45) is 0.0603. The normalized spacial score (nSPS) is 19.7. The highest BCUT2D eigenvalue weighted by Crippen LogP contribution is 2.22. The van der Waals surface area contributed by atoms with Crippen LogP contribution in [0, 0.1) is 0 Å². The van der Waals surface area contributed by atoms with Crippen LogP contribution < -0.4 is 10.0 Å². The van der Waals surface area contributed by atoms with Crippen molar-refractivity contribution >= 4 is 39.1 Å². The first-order chi connectivity index (χ1) is 9.31. The Bertz CT molecular complexity index is 678. The lowest BCUT2D eigenvalue weighted by Gasteiger charge is -2.21. The van der Waals surface area contributed by atoms with Crippen LogP contribution in [-0.2, 0) is 19.6 Å². The molecule has 1 atom stereocenters. The minimum atomic E-state index is -4.14. The van der Waals surface area contributed by atoms with Crippen molar-refractivity contribution in [2.24, 2.45) is 0 Å². The first-order valence-electron chi connectivity index (χ1n) is 5.48. The maximum atomic E-state index is 12.1. The summed E-state index contributed by atoms with van der Waals surface area (Å²) in [7, 11) is -4.14. The van der Waals surface area contributed by atoms with Crippen LogP contribution in [0.5, 0.6) is 0 Å². The molecule has 20 heavy (non-hydrogen) atoms. The molecule has 1 aliphatic heterocycles. The fraction of sp³-hybridized carbons (Fsp3) is 0.300. The highest BCUT2D eigenvalue weighted by Gasteiger charge is 2.32. The number of carboxylic acids is 1. The predicted molar refractivity (Wildman–Crippen MR) is 67.8 cm³/mol. The molecule has 0 radical (unpaired) electrons. The van der Waals surface area contributed by atoms with E-state index in [1.54, 1.807) is 0 Å². The van der Waals surface area contributed by atoms with Crippen LogP contribution in [0.2, 0.25) is 0 Å². The van der Waals surface area contributed by atoms with Gasteiger partial charge in [0.25, 0.3) is 0 Å². The van der Waals surface area contributed by atoms with Gasteiger partial charge in [-0.3, -0.25) is 14.9 Å². The molecule has 1 saturated heterocycles. The first-order valence-corrected chi connectivity index (χ1v) is 7.84. The minimum Gasteiger partial charge on any atom is -0.477 e. The molecule has 0 aliphatic carbocycles. The molecule has 2 amide bonds. The van der Waals surface area contributed by atoms with Crippen LogP contribution in [0.25, 0.3) is 0 Å². The number of carbonyl (C=O) groups is 3. The van der Waals surface area contributed by atoms with Crippen molar-refractivity contribution in [1.82, 2.24) is 10.0 Å². The number of sulfonamides is 1. The van der Waals surface area contributed by atoms with Crippen molar-refractivity contribution in [3.05, 3.63) is 16.3 Å². The third kappa shape index (κ3) is 2.86. The molecule has 0 aromatic carbocycles. The van der Waals surface area contributed by atoms with Crippen LogP contribution in [-0.4, -0.2) is 37.3 Å². The average Bonchev–Trinajstić information content (AvgIpc) is 2.82. The van der Waals surface area contributed by atoms with E-state index in [1.807, 2.05) is 5.32 Å². The van der Waals surface area contributed by atoms with Crippen molar-refractivity contribution < 1.29 is 27.9 Å². The number of piperidine rings is 1. The fourth-order valence-corrected chi connectivity index (χ4v) is 4.21. The number of aromatic carboxylic acids is 1. The van der Waals surface area contributed by atoms with Gasteiger partial charge in [-0.25, -0.2) is 13.2 Å². The minimum absolute atomic E-state index is 0.0222. The van der Waals surface area contributed by atoms with E-state index in [0.29, 0.717) is 0 Å². The summed E-state index contributed by atoms with van der Waals surface area (Å²) in [6.45, 7) is 0. The molecule has 0 saturated carbocycles. The van der Waals surface area contributed by atoms with Crippen molar-refractivity contribution in [3.63, 3.8) is 0 Å². The Morgan fingerprint density at radius 1 is 1.45 bits per heavy atom. The molecule has 1 aliphatic rings. The number of rotatable bonds is 4. The van der Waals surface area contributed by atoms with Crippen LogP contribution in [0.3, 0.4) is 0 Å². The molecule has 10 heteroatoms. The van der Waals surface area contributed by atoms with Gasteiger partial charge in [-0.2, -0.15) is 4.72 Å². The van der Waals surface area contributed by atoms with Crippen LogP contribution in [0.1, 0.15) is 22.5 Å². The standard InChI is InChI=1S/C10H10N2O6S2/c13-7-2-1-5(9(14)11-7)12-20(17,18)6-3-4-19-8(6)10(15)16/h3-5,12H,1-2H2,(H,15,16)(H,11,13,14). The van der Waals surface area contributed by atoms with Gasteiger partial charge in [-0.15, -0.1) is 11.3 Å². The Hall–Kier alpha value is -1.78. The SMILES string of the molecule is O=C1CCC(NS(=O)(=O)c2ccsc2C(=O)O)C(=O)N1. The van der Waals surface area contributed by atoms with E-state index in [-0.39, 0.29) is 22.6 Å². The molecule has 108 valence electrons. The molecule has 1 aromatic heterocycles. The summed E-state index contributed by atoms with van der Waals surface area (Å²) < 4.78 is 26.3. The molecular weight excluding hydrogens is 308 g/mol. The Labute approximate surface area is 117 Å². The highest BCUT2D eigenvalue weighted by molar-refractivity contribution is 7.89. The number of carbonyl (C=O) groups excluding carboxylic acids is 2. The second kappa shape index (κ2) is 5.31. The zero-order valence-electron chi connectivity index (χ0n) is 9.95. The summed E-state index contributed by atoms with van der Waals surface area (Å²) in [5, 5.41) is 12.3. The van der Waals surface area contributed by atoms with E-state index in [0.717, 1.165) is 17.4 Å². The van der Waals surface area contributed by atoms with E-state index in [2.05, 4.69) is 4.72 Å². The van der Waals surface area contributed by atoms with Crippen molar-refractivity contribution in [2.45, 2.75) is 23.8 Å². The molecule has 3 N–H and O–H groups in total. The van der Waals surface area contributed by atoms with E-state index in [9.17, 15) is 22.8 Å². The molecule has 0 spiro atoms. The summed E-state index contributed by atoms with van der Waals surface area (Å²) in [4.78, 5) is 32.7. The van der Waals surface area contributed by atoms with Gasteiger partial charge in [0.2, 0.25) is 21.8 Å². The third-order valence-corrected chi connectivity index (χ3v) is 5.20. The van der Waals surface area contributed by atoms with Crippen LogP contribution >= 0.6 is 11.3 Å². The van der Waals surface area contributed by atoms with Gasteiger partial charge in [0.15, 0.2) is 0 Å². The molecule has 2 rings (SSSR count). The van der Waals surface area contributed by atoms with Gasteiger partial charge < -0.3 is 5.11 Å². The van der Waals surface area contributed by atoms with Crippen molar-refractivity contribution in [3.8, 4) is 0 Å². The lowest BCUT2D eigenvalue weighted by atomic mass is 10.1. The lowest BCUT2D eigenvalue weighted by Crippen LogP contribution is -2.52. The molecule has 1 fully saturated rings. The molecule has 2 heterocycles. The maximum Gasteiger partial charge on any atom is 0.347 e. The van der Waals surface area contributed by atoms with Gasteiger partial charge in [-0.1, -0.05) is 0 Å². The second-order valence-electron chi connectivity index (χ2n) is 4.04. The Morgan fingerprint density at radius 3 is 2.75 bits per heavy atom. The summed E-state index contributed by atoms with van der Waals surface area (Å²) in [6, 6.07) is 0.0711. The number of thiophene rings is 1. The number of amides is 2. The summed E-state index contributed by atoms with van der Waals surface area (Å²) in [5.41, 5.74) is 0. The number of nitrogens with one attached hydrogen (secondary N) is 2. The largest absolute Gasteiger partial charge is 0.477 e. The molecule has 1 aromatic rings.